The van der Waals surface area contributed by atoms with Gasteiger partial charge in [0.2, 0.25) is 0 Å². The first-order valence-electron chi connectivity index (χ1n) is 11.6. The van der Waals surface area contributed by atoms with E-state index in [4.69, 9.17) is 4.74 Å². The number of fused-ring (bicyclic) bond motifs is 5. The highest BCUT2D eigenvalue weighted by Gasteiger charge is 2.59. The lowest BCUT2D eigenvalue weighted by Gasteiger charge is -2.60. The van der Waals surface area contributed by atoms with Crippen molar-refractivity contribution in [2.24, 2.45) is 40.4 Å². The smallest absolute Gasteiger partial charge is 0.0577 e. The molecule has 8 atom stereocenters. The summed E-state index contributed by atoms with van der Waals surface area (Å²) in [5, 5.41) is 10.3. The maximum absolute atomic E-state index is 10.3. The van der Waals surface area contributed by atoms with Crippen molar-refractivity contribution in [3.8, 4) is 0 Å². The largest absolute Gasteiger partial charge is 0.393 e. The molecule has 3 fully saturated rings. The molecule has 0 aromatic heterocycles. The van der Waals surface area contributed by atoms with Crippen LogP contribution in [-0.4, -0.2) is 24.4 Å². The Hall–Kier alpha value is -0.600. The second-order valence-electron chi connectivity index (χ2n) is 10.8. The van der Waals surface area contributed by atoms with Crippen LogP contribution in [-0.2, 0) is 4.74 Å². The summed E-state index contributed by atoms with van der Waals surface area (Å²) in [4.78, 5) is 0. The van der Waals surface area contributed by atoms with E-state index in [0.29, 0.717) is 22.7 Å². The number of allylic oxidation sites excluding steroid dienone is 2. The second kappa shape index (κ2) is 6.46. The van der Waals surface area contributed by atoms with Gasteiger partial charge in [-0.2, -0.15) is 0 Å². The molecule has 5 aliphatic rings. The van der Waals surface area contributed by atoms with Gasteiger partial charge < -0.3 is 9.84 Å². The van der Waals surface area contributed by atoms with Gasteiger partial charge in [0.15, 0.2) is 0 Å². The summed E-state index contributed by atoms with van der Waals surface area (Å²) < 4.78 is 5.77. The zero-order valence-corrected chi connectivity index (χ0v) is 17.5. The van der Waals surface area contributed by atoms with Crippen LogP contribution in [0.4, 0.5) is 0 Å². The third kappa shape index (κ3) is 2.58. The molecule has 1 saturated heterocycles. The van der Waals surface area contributed by atoms with Crippen LogP contribution in [0.25, 0.3) is 0 Å². The van der Waals surface area contributed by atoms with E-state index in [9.17, 15) is 5.11 Å². The molecule has 1 unspecified atom stereocenters. The summed E-state index contributed by atoms with van der Waals surface area (Å²) in [7, 11) is 0. The lowest BCUT2D eigenvalue weighted by atomic mass is 9.45. The van der Waals surface area contributed by atoms with Gasteiger partial charge in [0.25, 0.3) is 0 Å². The Kier molecular flexibility index (Phi) is 4.41. The van der Waals surface area contributed by atoms with E-state index in [-0.39, 0.29) is 6.10 Å². The molecule has 27 heavy (non-hydrogen) atoms. The summed E-state index contributed by atoms with van der Waals surface area (Å²) in [5.41, 5.74) is 4.12. The minimum Gasteiger partial charge on any atom is -0.393 e. The maximum atomic E-state index is 10.3. The predicted molar refractivity (Wildman–Crippen MR) is 109 cm³/mol. The average molecular weight is 371 g/mol. The SMILES string of the molecule is CC[C@H]1C=C2C[C@H](O)CC[C@]2(C)[C@H]2CC[C@]3(C)C(C4CCOC4)=CC[C@H]3[C@H]12. The summed E-state index contributed by atoms with van der Waals surface area (Å²) in [6.07, 6.45) is 14.8. The van der Waals surface area contributed by atoms with Crippen molar-refractivity contribution < 1.29 is 9.84 Å². The molecule has 0 amide bonds. The fraction of sp³-hybridized carbons (Fsp3) is 0.840. The van der Waals surface area contributed by atoms with Crippen molar-refractivity contribution in [3.63, 3.8) is 0 Å². The topological polar surface area (TPSA) is 29.5 Å². The Balaban J connectivity index is 1.50. The molecule has 1 aliphatic heterocycles. The fourth-order valence-corrected chi connectivity index (χ4v) is 8.21. The molecule has 1 N–H and O–H groups in total. The Morgan fingerprint density at radius 2 is 1.93 bits per heavy atom. The molecule has 2 saturated carbocycles. The van der Waals surface area contributed by atoms with E-state index in [1.807, 2.05) is 0 Å². The van der Waals surface area contributed by atoms with E-state index in [0.717, 1.165) is 43.8 Å². The van der Waals surface area contributed by atoms with Gasteiger partial charge in [-0.25, -0.2) is 0 Å². The summed E-state index contributed by atoms with van der Waals surface area (Å²) >= 11 is 0. The minimum atomic E-state index is -0.102. The number of ether oxygens (including phenoxy) is 1. The van der Waals surface area contributed by atoms with Gasteiger partial charge in [-0.05, 0) is 85.9 Å². The Bertz CT molecular complexity index is 657. The molecule has 2 nitrogen and oxygen atoms in total. The van der Waals surface area contributed by atoms with Crippen LogP contribution in [0.1, 0.15) is 72.1 Å². The Morgan fingerprint density at radius 3 is 2.67 bits per heavy atom. The van der Waals surface area contributed by atoms with Crippen LogP contribution in [0.2, 0.25) is 0 Å². The standard InChI is InChI=1S/C25H38O2/c1-4-16-13-18-14-19(26)7-10-24(18,2)22-8-11-25(3)20(17-9-12-27-15-17)5-6-21(25)23(16)22/h5,13,16-17,19,21-23,26H,4,6-12,14-15H2,1-3H3/t16-,17?,19+,21-,22-,23-,24-,25+/m0/s1. The van der Waals surface area contributed by atoms with Crippen molar-refractivity contribution in [2.75, 3.05) is 13.2 Å². The number of aliphatic hydroxyl groups is 1. The lowest BCUT2D eigenvalue weighted by Crippen LogP contribution is -2.53. The van der Waals surface area contributed by atoms with E-state index < -0.39 is 0 Å². The normalized spacial score (nSPS) is 51.9. The average Bonchev–Trinajstić information content (AvgIpc) is 3.28. The van der Waals surface area contributed by atoms with E-state index in [1.165, 1.54) is 38.5 Å². The lowest BCUT2D eigenvalue weighted by molar-refractivity contribution is -0.0538. The fourth-order valence-electron chi connectivity index (χ4n) is 8.21. The monoisotopic (exact) mass is 370 g/mol. The molecule has 1 heterocycles. The summed E-state index contributed by atoms with van der Waals surface area (Å²) in [6, 6.07) is 0. The van der Waals surface area contributed by atoms with Crippen molar-refractivity contribution in [2.45, 2.75) is 78.2 Å². The molecule has 2 heteroatoms. The number of hydrogen-bond donors (Lipinski definition) is 1. The molecule has 0 aromatic carbocycles. The van der Waals surface area contributed by atoms with E-state index in [2.05, 4.69) is 32.9 Å². The first-order valence-corrected chi connectivity index (χ1v) is 11.6. The summed E-state index contributed by atoms with van der Waals surface area (Å²) in [5.74, 6) is 3.86. The maximum Gasteiger partial charge on any atom is 0.0577 e. The molecular weight excluding hydrogens is 332 g/mol. The van der Waals surface area contributed by atoms with Crippen molar-refractivity contribution >= 4 is 0 Å². The molecule has 5 rings (SSSR count). The Labute approximate surface area is 165 Å². The highest BCUT2D eigenvalue weighted by atomic mass is 16.5. The molecule has 4 aliphatic carbocycles. The first-order chi connectivity index (χ1) is 13.0. The first kappa shape index (κ1) is 18.4. The van der Waals surface area contributed by atoms with Gasteiger partial charge in [0.05, 0.1) is 12.7 Å². The number of aliphatic hydroxyl groups excluding tert-OH is 1. The number of rotatable bonds is 2. The minimum absolute atomic E-state index is 0.102. The van der Waals surface area contributed by atoms with Gasteiger partial charge >= 0.3 is 0 Å². The molecule has 0 bridgehead atoms. The second-order valence-corrected chi connectivity index (χ2v) is 10.8. The molecule has 0 radical (unpaired) electrons. The number of hydrogen-bond acceptors (Lipinski definition) is 2. The van der Waals surface area contributed by atoms with Crippen molar-refractivity contribution in [1.82, 2.24) is 0 Å². The zero-order valence-electron chi connectivity index (χ0n) is 17.5. The van der Waals surface area contributed by atoms with Crippen LogP contribution in [0.15, 0.2) is 23.3 Å². The van der Waals surface area contributed by atoms with Crippen LogP contribution >= 0.6 is 0 Å². The Morgan fingerprint density at radius 1 is 1.11 bits per heavy atom. The van der Waals surface area contributed by atoms with E-state index >= 15 is 0 Å². The van der Waals surface area contributed by atoms with Crippen molar-refractivity contribution in [1.29, 1.82) is 0 Å². The highest BCUT2D eigenvalue weighted by Crippen LogP contribution is 2.67. The highest BCUT2D eigenvalue weighted by molar-refractivity contribution is 5.32. The molecule has 150 valence electrons. The predicted octanol–water partition coefficient (Wildman–Crippen LogP) is 5.52. The molecular formula is C25H38O2. The third-order valence-electron chi connectivity index (χ3n) is 9.73. The third-order valence-corrected chi connectivity index (χ3v) is 9.73. The molecule has 0 aromatic rings. The van der Waals surface area contributed by atoms with Gasteiger partial charge in [-0.15, -0.1) is 0 Å². The van der Waals surface area contributed by atoms with Crippen LogP contribution in [0.5, 0.6) is 0 Å². The quantitative estimate of drug-likeness (QED) is 0.649. The van der Waals surface area contributed by atoms with Gasteiger partial charge in [0.1, 0.15) is 0 Å². The van der Waals surface area contributed by atoms with Crippen LogP contribution in [0.3, 0.4) is 0 Å². The van der Waals surface area contributed by atoms with Gasteiger partial charge in [0, 0.05) is 12.5 Å². The van der Waals surface area contributed by atoms with E-state index in [1.54, 1.807) is 11.1 Å². The zero-order chi connectivity index (χ0) is 18.8. The van der Waals surface area contributed by atoms with Gasteiger partial charge in [-0.1, -0.05) is 44.1 Å². The molecule has 0 spiro atoms. The van der Waals surface area contributed by atoms with Gasteiger partial charge in [-0.3, -0.25) is 0 Å². The summed E-state index contributed by atoms with van der Waals surface area (Å²) in [6.45, 7) is 9.45. The van der Waals surface area contributed by atoms with Crippen LogP contribution < -0.4 is 0 Å². The van der Waals surface area contributed by atoms with Crippen LogP contribution in [0, 0.1) is 40.4 Å². The van der Waals surface area contributed by atoms with Crippen molar-refractivity contribution in [3.05, 3.63) is 23.3 Å².